The lowest BCUT2D eigenvalue weighted by molar-refractivity contribution is 0.577. The molecule has 8 heteroatoms. The van der Waals surface area contributed by atoms with Crippen molar-refractivity contribution in [3.05, 3.63) is 77.9 Å². The van der Waals surface area contributed by atoms with Crippen LogP contribution in [0.3, 0.4) is 0 Å². The summed E-state index contributed by atoms with van der Waals surface area (Å²) in [4.78, 5) is 13.0. The van der Waals surface area contributed by atoms with Crippen molar-refractivity contribution in [2.24, 2.45) is 0 Å². The van der Waals surface area contributed by atoms with Gasteiger partial charge in [-0.3, -0.25) is 9.55 Å². The molecule has 0 aliphatic rings. The molecular weight excluding hydrogens is 362 g/mol. The second-order valence-electron chi connectivity index (χ2n) is 6.26. The molecule has 1 unspecified atom stereocenters. The van der Waals surface area contributed by atoms with Crippen LogP contribution in [0.25, 0.3) is 16.9 Å². The van der Waals surface area contributed by atoms with Gasteiger partial charge in [0.25, 0.3) is 0 Å². The molecule has 0 saturated carbocycles. The molecule has 0 amide bonds. The summed E-state index contributed by atoms with van der Waals surface area (Å²) in [6, 6.07) is 10.3. The molecule has 0 aliphatic heterocycles. The van der Waals surface area contributed by atoms with Crippen molar-refractivity contribution >= 4 is 16.9 Å². The van der Waals surface area contributed by atoms with E-state index in [2.05, 4.69) is 26.3 Å². The first kappa shape index (κ1) is 17.5. The van der Waals surface area contributed by atoms with Gasteiger partial charge in [0.05, 0.1) is 41.1 Å². The average molecular weight is 376 g/mol. The third-order valence-corrected chi connectivity index (χ3v) is 4.29. The van der Waals surface area contributed by atoms with Crippen LogP contribution in [0, 0.1) is 23.0 Å². The number of nitrogens with one attached hydrogen (secondary N) is 1. The number of anilines is 1. The summed E-state index contributed by atoms with van der Waals surface area (Å²) in [5.74, 6) is -0.337. The van der Waals surface area contributed by atoms with Crippen LogP contribution in [0.5, 0.6) is 0 Å². The molecule has 0 fully saturated rings. The van der Waals surface area contributed by atoms with E-state index in [1.54, 1.807) is 42.2 Å². The molecule has 138 valence electrons. The zero-order valence-electron chi connectivity index (χ0n) is 14.8. The highest BCUT2D eigenvalue weighted by molar-refractivity contribution is 5.78. The Morgan fingerprint density at radius 2 is 1.89 bits per heavy atom. The van der Waals surface area contributed by atoms with Gasteiger partial charge >= 0.3 is 0 Å². The summed E-state index contributed by atoms with van der Waals surface area (Å²) in [5, 5.41) is 12.2. The third-order valence-electron chi connectivity index (χ3n) is 4.29. The Labute approximate surface area is 159 Å². The summed E-state index contributed by atoms with van der Waals surface area (Å²) < 4.78 is 28.6. The van der Waals surface area contributed by atoms with E-state index in [4.69, 9.17) is 5.26 Å². The fourth-order valence-corrected chi connectivity index (χ4v) is 2.93. The molecule has 2 aromatic carbocycles. The topological polar surface area (TPSA) is 79.4 Å². The molecule has 28 heavy (non-hydrogen) atoms. The van der Waals surface area contributed by atoms with Crippen molar-refractivity contribution < 1.29 is 8.78 Å². The SMILES string of the molecule is CC(Nc1cncc(-n2cnc3ccc(C#N)cc32)n1)c1cc(F)cc(F)c1. The van der Waals surface area contributed by atoms with E-state index in [-0.39, 0.29) is 6.04 Å². The summed E-state index contributed by atoms with van der Waals surface area (Å²) in [6.45, 7) is 1.77. The van der Waals surface area contributed by atoms with Crippen LogP contribution in [0.4, 0.5) is 14.6 Å². The van der Waals surface area contributed by atoms with Gasteiger partial charge in [-0.1, -0.05) is 0 Å². The third kappa shape index (κ3) is 3.38. The summed E-state index contributed by atoms with van der Waals surface area (Å²) in [7, 11) is 0. The highest BCUT2D eigenvalue weighted by Gasteiger charge is 2.12. The van der Waals surface area contributed by atoms with Gasteiger partial charge in [0.15, 0.2) is 5.82 Å². The first-order valence-corrected chi connectivity index (χ1v) is 8.45. The molecular formula is C20H14F2N6. The largest absolute Gasteiger partial charge is 0.362 e. The molecule has 1 N–H and O–H groups in total. The summed E-state index contributed by atoms with van der Waals surface area (Å²) in [5.41, 5.74) is 2.42. The Morgan fingerprint density at radius 1 is 1.11 bits per heavy atom. The lowest BCUT2D eigenvalue weighted by Crippen LogP contribution is -2.10. The minimum Gasteiger partial charge on any atom is -0.362 e. The van der Waals surface area contributed by atoms with E-state index >= 15 is 0 Å². The molecule has 2 heterocycles. The van der Waals surface area contributed by atoms with Crippen LogP contribution >= 0.6 is 0 Å². The van der Waals surface area contributed by atoms with Crippen molar-refractivity contribution in [1.29, 1.82) is 5.26 Å². The highest BCUT2D eigenvalue weighted by atomic mass is 19.1. The van der Waals surface area contributed by atoms with Gasteiger partial charge in [-0.05, 0) is 42.8 Å². The maximum atomic E-state index is 13.5. The summed E-state index contributed by atoms with van der Waals surface area (Å²) >= 11 is 0. The van der Waals surface area contributed by atoms with Crippen molar-refractivity contribution in [2.45, 2.75) is 13.0 Å². The predicted molar refractivity (Wildman–Crippen MR) is 99.8 cm³/mol. The smallest absolute Gasteiger partial charge is 0.159 e. The van der Waals surface area contributed by atoms with Gasteiger partial charge in [-0.15, -0.1) is 0 Å². The van der Waals surface area contributed by atoms with Crippen LogP contribution in [-0.4, -0.2) is 19.5 Å². The Kier molecular flexibility index (Phi) is 4.41. The lowest BCUT2D eigenvalue weighted by Gasteiger charge is -2.15. The van der Waals surface area contributed by atoms with E-state index < -0.39 is 11.6 Å². The molecule has 6 nitrogen and oxygen atoms in total. The van der Waals surface area contributed by atoms with Crippen LogP contribution in [0.2, 0.25) is 0 Å². The van der Waals surface area contributed by atoms with Crippen LogP contribution in [0.1, 0.15) is 24.1 Å². The monoisotopic (exact) mass is 376 g/mol. The minimum atomic E-state index is -0.637. The Morgan fingerprint density at radius 3 is 2.64 bits per heavy atom. The molecule has 2 aromatic heterocycles. The molecule has 0 saturated heterocycles. The van der Waals surface area contributed by atoms with Crippen molar-refractivity contribution in [1.82, 2.24) is 19.5 Å². The van der Waals surface area contributed by atoms with E-state index in [9.17, 15) is 8.78 Å². The number of nitriles is 1. The molecule has 4 rings (SSSR count). The van der Waals surface area contributed by atoms with Crippen LogP contribution < -0.4 is 5.32 Å². The van der Waals surface area contributed by atoms with E-state index in [0.717, 1.165) is 17.1 Å². The summed E-state index contributed by atoms with van der Waals surface area (Å²) in [6.07, 6.45) is 4.69. The number of aromatic nitrogens is 4. The van der Waals surface area contributed by atoms with Gasteiger partial charge < -0.3 is 5.32 Å². The number of halogens is 2. The van der Waals surface area contributed by atoms with Crippen molar-refractivity contribution in [3.8, 4) is 11.9 Å². The fraction of sp³-hybridized carbons (Fsp3) is 0.100. The van der Waals surface area contributed by atoms with Crippen LogP contribution in [-0.2, 0) is 0 Å². The van der Waals surface area contributed by atoms with Crippen molar-refractivity contribution in [3.63, 3.8) is 0 Å². The number of nitrogens with zero attached hydrogens (tertiary/aromatic N) is 5. The maximum Gasteiger partial charge on any atom is 0.159 e. The van der Waals surface area contributed by atoms with Gasteiger partial charge in [0.2, 0.25) is 0 Å². The molecule has 4 aromatic rings. The number of imidazole rings is 1. The van der Waals surface area contributed by atoms with E-state index in [0.29, 0.717) is 22.8 Å². The van der Waals surface area contributed by atoms with Crippen molar-refractivity contribution in [2.75, 3.05) is 5.32 Å². The normalized spacial score (nSPS) is 11.9. The minimum absolute atomic E-state index is 0.389. The standard InChI is InChI=1S/C20H14F2N6/c1-12(14-5-15(21)7-16(22)6-14)26-19-9-24-10-20(27-19)28-11-25-17-3-2-13(8-23)4-18(17)28/h2-7,9-12H,1H3,(H,26,27). The molecule has 0 bridgehead atoms. The fourth-order valence-electron chi connectivity index (χ4n) is 2.93. The van der Waals surface area contributed by atoms with Gasteiger partial charge in [0.1, 0.15) is 23.8 Å². The second kappa shape index (κ2) is 7.04. The zero-order chi connectivity index (χ0) is 19.7. The average Bonchev–Trinajstić information content (AvgIpc) is 3.10. The number of rotatable bonds is 4. The maximum absolute atomic E-state index is 13.5. The van der Waals surface area contributed by atoms with Gasteiger partial charge in [0, 0.05) is 6.07 Å². The second-order valence-corrected chi connectivity index (χ2v) is 6.26. The van der Waals surface area contributed by atoms with Crippen LogP contribution in [0.15, 0.2) is 55.1 Å². The first-order chi connectivity index (χ1) is 13.5. The van der Waals surface area contributed by atoms with E-state index in [1.165, 1.54) is 18.3 Å². The highest BCUT2D eigenvalue weighted by Crippen LogP contribution is 2.22. The van der Waals surface area contributed by atoms with Gasteiger partial charge in [-0.2, -0.15) is 5.26 Å². The number of hydrogen-bond donors (Lipinski definition) is 1. The number of benzene rings is 2. The molecule has 1 atom stereocenters. The number of hydrogen-bond acceptors (Lipinski definition) is 5. The Bertz CT molecular complexity index is 1190. The van der Waals surface area contributed by atoms with E-state index in [1.807, 2.05) is 0 Å². The Hall–Kier alpha value is -3.86. The zero-order valence-corrected chi connectivity index (χ0v) is 14.8. The molecule has 0 aliphatic carbocycles. The molecule has 0 radical (unpaired) electrons. The lowest BCUT2D eigenvalue weighted by atomic mass is 10.1. The number of fused-ring (bicyclic) bond motifs is 1. The Balaban J connectivity index is 1.66. The van der Waals surface area contributed by atoms with Gasteiger partial charge in [-0.25, -0.2) is 18.7 Å². The first-order valence-electron chi connectivity index (χ1n) is 8.45. The quantitative estimate of drug-likeness (QED) is 0.579. The predicted octanol–water partition coefficient (Wildman–Crippen LogP) is 4.14. The molecule has 0 spiro atoms.